The minimum absolute atomic E-state index is 0.0324. The van der Waals surface area contributed by atoms with E-state index in [9.17, 15) is 4.79 Å². The Morgan fingerprint density at radius 1 is 1.29 bits per heavy atom. The van der Waals surface area contributed by atoms with Gasteiger partial charge >= 0.3 is 0 Å². The van der Waals surface area contributed by atoms with Crippen LogP contribution < -0.4 is 4.90 Å². The van der Waals surface area contributed by atoms with Crippen LogP contribution in [0, 0.1) is 5.92 Å². The number of hydrogen-bond donors (Lipinski definition) is 1. The van der Waals surface area contributed by atoms with Gasteiger partial charge in [-0.25, -0.2) is 0 Å². The van der Waals surface area contributed by atoms with Crippen LogP contribution in [0.4, 0.5) is 5.69 Å². The van der Waals surface area contributed by atoms with Crippen LogP contribution in [0.1, 0.15) is 6.42 Å². The Bertz CT molecular complexity index is 441. The van der Waals surface area contributed by atoms with Crippen LogP contribution in [0.3, 0.4) is 0 Å². The molecule has 92 valence electrons. The van der Waals surface area contributed by atoms with Crippen LogP contribution in [0.5, 0.6) is 0 Å². The van der Waals surface area contributed by atoms with E-state index in [-0.39, 0.29) is 18.4 Å². The van der Waals surface area contributed by atoms with E-state index < -0.39 is 0 Å². The molecule has 0 spiro atoms. The van der Waals surface area contributed by atoms with Gasteiger partial charge < -0.3 is 10.0 Å². The zero-order chi connectivity index (χ0) is 12.6. The van der Waals surface area contributed by atoms with Gasteiger partial charge in [-0.2, -0.15) is 0 Å². The first-order chi connectivity index (χ1) is 8.02. The zero-order valence-electron chi connectivity index (χ0n) is 8.79. The van der Waals surface area contributed by atoms with Gasteiger partial charge in [-0.15, -0.1) is 0 Å². The number of carbonyl (C=O) groups is 1. The van der Waals surface area contributed by atoms with E-state index >= 15 is 0 Å². The van der Waals surface area contributed by atoms with Crippen molar-refractivity contribution in [3.05, 3.63) is 25.6 Å². The normalized spacial score (nSPS) is 20.1. The van der Waals surface area contributed by atoms with Crippen molar-refractivity contribution in [3.8, 4) is 0 Å². The zero-order valence-corrected chi connectivity index (χ0v) is 13.5. The third-order valence-electron chi connectivity index (χ3n) is 2.71. The summed E-state index contributed by atoms with van der Waals surface area (Å²) in [7, 11) is 0. The number of hydrogen-bond acceptors (Lipinski definition) is 2. The van der Waals surface area contributed by atoms with Gasteiger partial charge in [0.25, 0.3) is 0 Å². The fourth-order valence-corrected chi connectivity index (χ4v) is 4.60. The fourth-order valence-electron chi connectivity index (χ4n) is 1.91. The SMILES string of the molecule is O=C1CC(CO)CN1c1c(Br)cc(Br)cc1Br. The van der Waals surface area contributed by atoms with Crippen molar-refractivity contribution in [2.45, 2.75) is 6.42 Å². The summed E-state index contributed by atoms with van der Waals surface area (Å²) < 4.78 is 2.64. The molecular weight excluding hydrogens is 418 g/mol. The van der Waals surface area contributed by atoms with Gasteiger partial charge in [-0.3, -0.25) is 4.79 Å². The van der Waals surface area contributed by atoms with Crippen LogP contribution in [-0.2, 0) is 4.79 Å². The third-order valence-corrected chi connectivity index (χ3v) is 4.38. The third kappa shape index (κ3) is 2.75. The molecule has 1 unspecified atom stereocenters. The fraction of sp³-hybridized carbons (Fsp3) is 0.364. The molecule has 0 aromatic heterocycles. The predicted octanol–water partition coefficient (Wildman–Crippen LogP) is 3.32. The van der Waals surface area contributed by atoms with Crippen molar-refractivity contribution in [3.63, 3.8) is 0 Å². The Morgan fingerprint density at radius 2 is 1.88 bits per heavy atom. The molecule has 1 atom stereocenters. The second-order valence-electron chi connectivity index (χ2n) is 3.98. The first kappa shape index (κ1) is 13.5. The molecule has 1 N–H and O–H groups in total. The molecule has 17 heavy (non-hydrogen) atoms. The number of aliphatic hydroxyl groups is 1. The smallest absolute Gasteiger partial charge is 0.227 e. The summed E-state index contributed by atoms with van der Waals surface area (Å²) >= 11 is 10.3. The quantitative estimate of drug-likeness (QED) is 0.786. The lowest BCUT2D eigenvalue weighted by molar-refractivity contribution is -0.117. The standard InChI is InChI=1S/C11H10Br3NO2/c12-7-2-8(13)11(9(14)3-7)15-4-6(5-16)1-10(15)17/h2-3,6,16H,1,4-5H2. The summed E-state index contributed by atoms with van der Waals surface area (Å²) in [6.45, 7) is 0.613. The first-order valence-electron chi connectivity index (χ1n) is 5.08. The molecule has 0 radical (unpaired) electrons. The lowest BCUT2D eigenvalue weighted by Gasteiger charge is -2.20. The second-order valence-corrected chi connectivity index (χ2v) is 6.60. The maximum atomic E-state index is 11.9. The average Bonchev–Trinajstić information content (AvgIpc) is 2.59. The molecule has 3 nitrogen and oxygen atoms in total. The van der Waals surface area contributed by atoms with E-state index in [1.54, 1.807) is 4.90 Å². The van der Waals surface area contributed by atoms with Gasteiger partial charge in [0, 0.05) is 38.9 Å². The largest absolute Gasteiger partial charge is 0.396 e. The maximum absolute atomic E-state index is 11.9. The van der Waals surface area contributed by atoms with Gasteiger partial charge in [0.15, 0.2) is 0 Å². The van der Waals surface area contributed by atoms with Crippen LogP contribution in [0.2, 0.25) is 0 Å². The molecule has 1 fully saturated rings. The minimum Gasteiger partial charge on any atom is -0.396 e. The Morgan fingerprint density at radius 3 is 2.35 bits per heavy atom. The number of benzene rings is 1. The number of anilines is 1. The highest BCUT2D eigenvalue weighted by atomic mass is 79.9. The van der Waals surface area contributed by atoms with Crippen LogP contribution >= 0.6 is 47.8 Å². The lowest BCUT2D eigenvalue weighted by atomic mass is 10.1. The number of amides is 1. The van der Waals surface area contributed by atoms with Gasteiger partial charge in [0.05, 0.1) is 5.69 Å². The molecule has 1 saturated heterocycles. The Labute approximate surface area is 125 Å². The highest BCUT2D eigenvalue weighted by Gasteiger charge is 2.32. The summed E-state index contributed by atoms with van der Waals surface area (Å²) in [4.78, 5) is 13.6. The molecule has 0 saturated carbocycles. The Balaban J connectivity index is 2.38. The molecule has 2 rings (SSSR count). The molecule has 1 aliphatic rings. The van der Waals surface area contributed by atoms with Crippen molar-refractivity contribution in [2.75, 3.05) is 18.1 Å². The molecule has 1 heterocycles. The topological polar surface area (TPSA) is 40.5 Å². The summed E-state index contributed by atoms with van der Waals surface area (Å²) in [5, 5.41) is 9.12. The highest BCUT2D eigenvalue weighted by molar-refractivity contribution is 9.11. The number of halogens is 3. The first-order valence-corrected chi connectivity index (χ1v) is 7.46. The molecule has 0 bridgehead atoms. The minimum atomic E-state index is 0.0324. The van der Waals surface area contributed by atoms with Gasteiger partial charge in [-0.05, 0) is 44.0 Å². The number of nitrogens with zero attached hydrogens (tertiary/aromatic N) is 1. The molecule has 1 aliphatic heterocycles. The summed E-state index contributed by atoms with van der Waals surface area (Å²) in [5.74, 6) is 0.0812. The number of carbonyl (C=O) groups excluding carboxylic acids is 1. The molecule has 1 aromatic carbocycles. The molecule has 0 aliphatic carbocycles. The highest BCUT2D eigenvalue weighted by Crippen LogP contribution is 2.39. The van der Waals surface area contributed by atoms with E-state index in [0.29, 0.717) is 13.0 Å². The van der Waals surface area contributed by atoms with Gasteiger partial charge in [0.1, 0.15) is 0 Å². The lowest BCUT2D eigenvalue weighted by Crippen LogP contribution is -2.25. The number of aliphatic hydroxyl groups excluding tert-OH is 1. The second kappa shape index (κ2) is 5.38. The average molecular weight is 428 g/mol. The maximum Gasteiger partial charge on any atom is 0.227 e. The van der Waals surface area contributed by atoms with Crippen LogP contribution in [0.25, 0.3) is 0 Å². The van der Waals surface area contributed by atoms with Crippen molar-refractivity contribution < 1.29 is 9.90 Å². The monoisotopic (exact) mass is 425 g/mol. The van der Waals surface area contributed by atoms with Crippen molar-refractivity contribution in [1.29, 1.82) is 0 Å². The summed E-state index contributed by atoms with van der Waals surface area (Å²) in [6, 6.07) is 3.80. The van der Waals surface area contributed by atoms with E-state index in [0.717, 1.165) is 19.1 Å². The predicted molar refractivity (Wildman–Crippen MR) is 77.1 cm³/mol. The van der Waals surface area contributed by atoms with Gasteiger partial charge in [0.2, 0.25) is 5.91 Å². The summed E-state index contributed by atoms with van der Waals surface area (Å²) in [5.41, 5.74) is 0.828. The molecular formula is C11H10Br3NO2. The van der Waals surface area contributed by atoms with E-state index in [1.807, 2.05) is 12.1 Å². The van der Waals surface area contributed by atoms with Crippen LogP contribution in [-0.4, -0.2) is 24.2 Å². The number of rotatable bonds is 2. The van der Waals surface area contributed by atoms with E-state index in [1.165, 1.54) is 0 Å². The van der Waals surface area contributed by atoms with E-state index in [4.69, 9.17) is 5.11 Å². The Kier molecular flexibility index (Phi) is 4.28. The van der Waals surface area contributed by atoms with Crippen molar-refractivity contribution in [1.82, 2.24) is 0 Å². The molecule has 6 heteroatoms. The molecule has 1 aromatic rings. The molecule has 1 amide bonds. The van der Waals surface area contributed by atoms with E-state index in [2.05, 4.69) is 47.8 Å². The van der Waals surface area contributed by atoms with Crippen LogP contribution in [0.15, 0.2) is 25.6 Å². The van der Waals surface area contributed by atoms with Crippen molar-refractivity contribution >= 4 is 59.4 Å². The summed E-state index contributed by atoms with van der Waals surface area (Å²) in [6.07, 6.45) is 0.408. The van der Waals surface area contributed by atoms with Gasteiger partial charge in [-0.1, -0.05) is 15.9 Å². The Hall–Kier alpha value is 0.0900. The van der Waals surface area contributed by atoms with Crippen molar-refractivity contribution in [2.24, 2.45) is 5.92 Å².